The van der Waals surface area contributed by atoms with Crippen molar-refractivity contribution in [3.05, 3.63) is 33.8 Å². The Morgan fingerprint density at radius 2 is 2.17 bits per heavy atom. The third-order valence-electron chi connectivity index (χ3n) is 3.32. The Hall–Kier alpha value is 0.01000. The number of likely N-dealkylation sites (tertiary alicyclic amines) is 1. The van der Waals surface area contributed by atoms with Crippen molar-refractivity contribution in [2.24, 2.45) is 0 Å². The van der Waals surface area contributed by atoms with E-state index in [1.165, 1.54) is 12.8 Å². The molecule has 0 spiro atoms. The molecule has 0 bridgehead atoms. The van der Waals surface area contributed by atoms with E-state index in [-0.39, 0.29) is 12.4 Å². The van der Waals surface area contributed by atoms with E-state index >= 15 is 0 Å². The van der Waals surface area contributed by atoms with Crippen molar-refractivity contribution in [1.29, 1.82) is 0 Å². The molecule has 0 radical (unpaired) electrons. The molecule has 102 valence electrons. The van der Waals surface area contributed by atoms with Gasteiger partial charge in [-0.15, -0.1) is 12.4 Å². The van der Waals surface area contributed by atoms with Gasteiger partial charge in [-0.1, -0.05) is 23.2 Å². The molecule has 1 aromatic rings. The maximum atomic E-state index is 6.20. The molecular formula is C13H19Cl3N2. The minimum Gasteiger partial charge on any atom is -0.318 e. The molecule has 2 nitrogen and oxygen atoms in total. The van der Waals surface area contributed by atoms with Gasteiger partial charge in [-0.2, -0.15) is 0 Å². The molecule has 5 heteroatoms. The Kier molecular flexibility index (Phi) is 6.75. The SMILES string of the molecule is CNCC1CCCN1Cc1cc(Cl)ccc1Cl.Cl. The summed E-state index contributed by atoms with van der Waals surface area (Å²) in [4.78, 5) is 2.48. The molecular weight excluding hydrogens is 291 g/mol. The zero-order chi connectivity index (χ0) is 12.3. The first-order chi connectivity index (χ1) is 8.20. The van der Waals surface area contributed by atoms with E-state index in [9.17, 15) is 0 Å². The summed E-state index contributed by atoms with van der Waals surface area (Å²) in [6.07, 6.45) is 2.53. The van der Waals surface area contributed by atoms with Crippen LogP contribution in [-0.4, -0.2) is 31.1 Å². The van der Waals surface area contributed by atoms with Crippen molar-refractivity contribution in [3.8, 4) is 0 Å². The molecule has 1 N–H and O–H groups in total. The lowest BCUT2D eigenvalue weighted by molar-refractivity contribution is 0.242. The molecule has 1 atom stereocenters. The van der Waals surface area contributed by atoms with Crippen LogP contribution in [0.4, 0.5) is 0 Å². The summed E-state index contributed by atoms with van der Waals surface area (Å²) in [6, 6.07) is 6.30. The van der Waals surface area contributed by atoms with Crippen molar-refractivity contribution in [3.63, 3.8) is 0 Å². The standard InChI is InChI=1S/C13H18Cl2N2.ClH/c1-16-8-12-3-2-6-17(12)9-10-7-11(14)4-5-13(10)15;/h4-5,7,12,16H,2-3,6,8-9H2,1H3;1H. The molecule has 1 saturated heterocycles. The minimum atomic E-state index is 0. The van der Waals surface area contributed by atoms with E-state index < -0.39 is 0 Å². The summed E-state index contributed by atoms with van der Waals surface area (Å²) in [5.74, 6) is 0. The highest BCUT2D eigenvalue weighted by Gasteiger charge is 2.24. The molecule has 0 aliphatic carbocycles. The molecule has 1 fully saturated rings. The molecule has 1 unspecified atom stereocenters. The van der Waals surface area contributed by atoms with Crippen LogP contribution in [0.5, 0.6) is 0 Å². The lowest BCUT2D eigenvalue weighted by Crippen LogP contribution is -2.36. The van der Waals surface area contributed by atoms with E-state index in [0.29, 0.717) is 6.04 Å². The van der Waals surface area contributed by atoms with E-state index in [2.05, 4.69) is 10.2 Å². The van der Waals surface area contributed by atoms with Gasteiger partial charge in [0.1, 0.15) is 0 Å². The molecule has 2 rings (SSSR count). The van der Waals surface area contributed by atoms with Crippen LogP contribution in [0.3, 0.4) is 0 Å². The van der Waals surface area contributed by atoms with E-state index in [1.54, 1.807) is 0 Å². The zero-order valence-electron chi connectivity index (χ0n) is 10.5. The maximum Gasteiger partial charge on any atom is 0.0452 e. The van der Waals surface area contributed by atoms with Crippen LogP contribution in [-0.2, 0) is 6.54 Å². The second-order valence-corrected chi connectivity index (χ2v) is 5.40. The number of benzene rings is 1. The highest BCUT2D eigenvalue weighted by molar-refractivity contribution is 6.33. The fourth-order valence-corrected chi connectivity index (χ4v) is 2.83. The highest BCUT2D eigenvalue weighted by atomic mass is 35.5. The first-order valence-corrected chi connectivity index (χ1v) is 6.79. The van der Waals surface area contributed by atoms with E-state index in [4.69, 9.17) is 23.2 Å². The van der Waals surface area contributed by atoms with Crippen LogP contribution in [0, 0.1) is 0 Å². The predicted octanol–water partition coefficient (Wildman–Crippen LogP) is 3.60. The van der Waals surface area contributed by atoms with Crippen LogP contribution in [0.2, 0.25) is 10.0 Å². The Labute approximate surface area is 125 Å². The number of nitrogens with one attached hydrogen (secondary N) is 1. The average molecular weight is 310 g/mol. The number of hydrogen-bond donors (Lipinski definition) is 1. The van der Waals surface area contributed by atoms with Crippen LogP contribution >= 0.6 is 35.6 Å². The second kappa shape index (κ2) is 7.56. The van der Waals surface area contributed by atoms with Gasteiger partial charge in [0, 0.05) is 29.2 Å². The Bertz CT molecular complexity index is 384. The van der Waals surface area contributed by atoms with Crippen LogP contribution < -0.4 is 5.32 Å². The van der Waals surface area contributed by atoms with Crippen molar-refractivity contribution >= 4 is 35.6 Å². The van der Waals surface area contributed by atoms with Crippen LogP contribution in [0.25, 0.3) is 0 Å². The lowest BCUT2D eigenvalue weighted by Gasteiger charge is -2.24. The van der Waals surface area contributed by atoms with Crippen LogP contribution in [0.15, 0.2) is 18.2 Å². The van der Waals surface area contributed by atoms with Gasteiger partial charge in [0.25, 0.3) is 0 Å². The molecule has 18 heavy (non-hydrogen) atoms. The molecule has 0 aromatic heterocycles. The van der Waals surface area contributed by atoms with E-state index in [1.807, 2.05) is 25.2 Å². The van der Waals surface area contributed by atoms with Gasteiger partial charge >= 0.3 is 0 Å². The average Bonchev–Trinajstić information content (AvgIpc) is 2.72. The summed E-state index contributed by atoms with van der Waals surface area (Å²) in [5, 5.41) is 4.82. The monoisotopic (exact) mass is 308 g/mol. The zero-order valence-corrected chi connectivity index (χ0v) is 12.8. The van der Waals surface area contributed by atoms with Gasteiger partial charge < -0.3 is 5.32 Å². The van der Waals surface area contributed by atoms with Crippen LogP contribution in [0.1, 0.15) is 18.4 Å². The minimum absolute atomic E-state index is 0. The smallest absolute Gasteiger partial charge is 0.0452 e. The molecule has 1 aromatic carbocycles. The number of likely N-dealkylation sites (N-methyl/N-ethyl adjacent to an activating group) is 1. The Morgan fingerprint density at radius 3 is 2.89 bits per heavy atom. The summed E-state index contributed by atoms with van der Waals surface area (Å²) >= 11 is 12.2. The van der Waals surface area contributed by atoms with Crippen molar-refractivity contribution < 1.29 is 0 Å². The number of nitrogens with zero attached hydrogens (tertiary/aromatic N) is 1. The first kappa shape index (κ1) is 16.1. The molecule has 0 saturated carbocycles. The summed E-state index contributed by atoms with van der Waals surface area (Å²) in [7, 11) is 2.00. The van der Waals surface area contributed by atoms with Crippen molar-refractivity contribution in [2.75, 3.05) is 20.1 Å². The summed E-state index contributed by atoms with van der Waals surface area (Å²) in [5.41, 5.74) is 1.13. The predicted molar refractivity (Wildman–Crippen MR) is 81.1 cm³/mol. The fraction of sp³-hybridized carbons (Fsp3) is 0.538. The van der Waals surface area contributed by atoms with Crippen molar-refractivity contribution in [2.45, 2.75) is 25.4 Å². The lowest BCUT2D eigenvalue weighted by atomic mass is 10.2. The Morgan fingerprint density at radius 1 is 1.39 bits per heavy atom. The number of rotatable bonds is 4. The van der Waals surface area contributed by atoms with Crippen molar-refractivity contribution in [1.82, 2.24) is 10.2 Å². The van der Waals surface area contributed by atoms with Gasteiger partial charge in [-0.3, -0.25) is 4.90 Å². The normalized spacial score (nSPS) is 19.8. The van der Waals surface area contributed by atoms with E-state index in [0.717, 1.165) is 35.2 Å². The van der Waals surface area contributed by atoms with Gasteiger partial charge in [0.2, 0.25) is 0 Å². The molecule has 1 aliphatic rings. The quantitative estimate of drug-likeness (QED) is 0.914. The largest absolute Gasteiger partial charge is 0.318 e. The number of hydrogen-bond acceptors (Lipinski definition) is 2. The summed E-state index contributed by atoms with van der Waals surface area (Å²) in [6.45, 7) is 3.08. The molecule has 0 amide bonds. The molecule has 1 aliphatic heterocycles. The van der Waals surface area contributed by atoms with Gasteiger partial charge in [0.15, 0.2) is 0 Å². The summed E-state index contributed by atoms with van der Waals surface area (Å²) < 4.78 is 0. The number of halogens is 3. The second-order valence-electron chi connectivity index (χ2n) is 4.56. The fourth-order valence-electron chi connectivity index (χ4n) is 2.45. The Balaban J connectivity index is 0.00000162. The topological polar surface area (TPSA) is 15.3 Å². The van der Waals surface area contributed by atoms with Gasteiger partial charge in [-0.05, 0) is 50.2 Å². The van der Waals surface area contributed by atoms with Gasteiger partial charge in [0.05, 0.1) is 0 Å². The maximum absolute atomic E-state index is 6.20. The highest BCUT2D eigenvalue weighted by Crippen LogP contribution is 2.25. The third kappa shape index (κ3) is 4.01. The third-order valence-corrected chi connectivity index (χ3v) is 3.92. The first-order valence-electron chi connectivity index (χ1n) is 6.03. The van der Waals surface area contributed by atoms with Gasteiger partial charge in [-0.25, -0.2) is 0 Å². The molecule has 1 heterocycles.